The van der Waals surface area contributed by atoms with E-state index in [9.17, 15) is 9.59 Å². The maximum absolute atomic E-state index is 12.3. The lowest BCUT2D eigenvalue weighted by Crippen LogP contribution is -2.22. The minimum Gasteiger partial charge on any atom is -0.496 e. The van der Waals surface area contributed by atoms with Crippen molar-refractivity contribution in [1.82, 2.24) is 0 Å². The molecule has 0 N–H and O–H groups in total. The molecule has 122 valence electrons. The molecule has 1 aliphatic carbocycles. The molecule has 0 aliphatic heterocycles. The first-order valence-corrected chi connectivity index (χ1v) is 7.68. The number of benzene rings is 2. The van der Waals surface area contributed by atoms with E-state index in [-0.39, 0.29) is 5.03 Å². The van der Waals surface area contributed by atoms with E-state index in [2.05, 4.69) is 0 Å². The van der Waals surface area contributed by atoms with E-state index in [4.69, 9.17) is 21.1 Å². The summed E-state index contributed by atoms with van der Waals surface area (Å²) in [6, 6.07) is 10.5. The standard InChI is InChI=1S/C19H15ClO4/c1-10-8-15(24-3)13(9-14(10)23-2)16-11-6-4-5-7-12(11)18(21)19(22)17(16)20/h4-9H,1-3H3. The Morgan fingerprint density at radius 3 is 2.08 bits per heavy atom. The van der Waals surface area contributed by atoms with E-state index < -0.39 is 11.6 Å². The van der Waals surface area contributed by atoms with E-state index >= 15 is 0 Å². The van der Waals surface area contributed by atoms with Gasteiger partial charge in [-0.2, -0.15) is 0 Å². The Bertz CT molecular complexity index is 896. The van der Waals surface area contributed by atoms with Gasteiger partial charge in [-0.05, 0) is 30.2 Å². The Balaban J connectivity index is 2.36. The Labute approximate surface area is 144 Å². The fourth-order valence-corrected chi connectivity index (χ4v) is 3.15. The lowest BCUT2D eigenvalue weighted by molar-refractivity contribution is -0.111. The Kier molecular flexibility index (Phi) is 4.16. The van der Waals surface area contributed by atoms with Gasteiger partial charge in [-0.3, -0.25) is 9.59 Å². The van der Waals surface area contributed by atoms with Gasteiger partial charge in [-0.25, -0.2) is 0 Å². The molecule has 2 aromatic carbocycles. The topological polar surface area (TPSA) is 52.6 Å². The molecule has 0 amide bonds. The average Bonchev–Trinajstić information content (AvgIpc) is 2.60. The molecule has 0 heterocycles. The van der Waals surface area contributed by atoms with E-state index in [1.165, 1.54) is 0 Å². The summed E-state index contributed by atoms with van der Waals surface area (Å²) in [5.74, 6) is -0.118. The Hall–Kier alpha value is -2.59. The summed E-state index contributed by atoms with van der Waals surface area (Å²) < 4.78 is 10.8. The number of methoxy groups -OCH3 is 2. The number of hydrogen-bond donors (Lipinski definition) is 0. The van der Waals surface area contributed by atoms with Gasteiger partial charge in [0.15, 0.2) is 0 Å². The molecule has 0 bridgehead atoms. The van der Waals surface area contributed by atoms with E-state index in [0.717, 1.165) is 5.56 Å². The number of ketones is 2. The molecule has 0 unspecified atom stereocenters. The summed E-state index contributed by atoms with van der Waals surface area (Å²) in [5, 5.41) is -0.108. The summed E-state index contributed by atoms with van der Waals surface area (Å²) in [4.78, 5) is 24.5. The number of rotatable bonds is 3. The van der Waals surface area contributed by atoms with Crippen LogP contribution in [0.3, 0.4) is 0 Å². The molecule has 0 aromatic heterocycles. The average molecular weight is 343 g/mol. The molecule has 0 spiro atoms. The Morgan fingerprint density at radius 2 is 1.46 bits per heavy atom. The zero-order valence-electron chi connectivity index (χ0n) is 13.5. The molecular weight excluding hydrogens is 328 g/mol. The molecule has 0 atom stereocenters. The minimum atomic E-state index is -0.716. The largest absolute Gasteiger partial charge is 0.496 e. The molecule has 1 aliphatic rings. The molecule has 0 saturated heterocycles. The predicted molar refractivity (Wildman–Crippen MR) is 91.9 cm³/mol. The predicted octanol–water partition coefficient (Wildman–Crippen LogP) is 3.78. The number of hydrogen-bond acceptors (Lipinski definition) is 4. The van der Waals surface area contributed by atoms with Gasteiger partial charge in [0.25, 0.3) is 0 Å². The molecular formula is C19H15ClO4. The quantitative estimate of drug-likeness (QED) is 0.797. The smallest absolute Gasteiger partial charge is 0.245 e. The first-order valence-electron chi connectivity index (χ1n) is 7.30. The zero-order valence-corrected chi connectivity index (χ0v) is 14.2. The van der Waals surface area contributed by atoms with Crippen LogP contribution in [-0.4, -0.2) is 25.8 Å². The van der Waals surface area contributed by atoms with Gasteiger partial charge in [0.2, 0.25) is 11.6 Å². The van der Waals surface area contributed by atoms with Crippen LogP contribution in [-0.2, 0) is 4.79 Å². The molecule has 0 radical (unpaired) electrons. The molecule has 0 fully saturated rings. The number of halogens is 1. The van der Waals surface area contributed by atoms with Crippen LogP contribution in [0.2, 0.25) is 0 Å². The molecule has 3 rings (SSSR count). The third-order valence-corrected chi connectivity index (χ3v) is 4.41. The van der Waals surface area contributed by atoms with Crippen molar-refractivity contribution in [2.75, 3.05) is 14.2 Å². The van der Waals surface area contributed by atoms with Gasteiger partial charge in [0, 0.05) is 16.7 Å². The summed E-state index contributed by atoms with van der Waals surface area (Å²) in [7, 11) is 3.11. The summed E-state index contributed by atoms with van der Waals surface area (Å²) >= 11 is 6.27. The van der Waals surface area contributed by atoms with Crippen LogP contribution in [0.5, 0.6) is 11.5 Å². The van der Waals surface area contributed by atoms with Gasteiger partial charge in [-0.15, -0.1) is 0 Å². The Morgan fingerprint density at radius 1 is 0.833 bits per heavy atom. The highest BCUT2D eigenvalue weighted by Gasteiger charge is 2.33. The number of allylic oxidation sites excluding steroid dienone is 1. The number of carbonyl (C=O) groups is 2. The van der Waals surface area contributed by atoms with Crippen LogP contribution in [0.25, 0.3) is 5.57 Å². The molecule has 4 nitrogen and oxygen atoms in total. The monoisotopic (exact) mass is 342 g/mol. The van der Waals surface area contributed by atoms with Gasteiger partial charge in [-0.1, -0.05) is 35.9 Å². The fourth-order valence-electron chi connectivity index (χ4n) is 2.86. The van der Waals surface area contributed by atoms with E-state index in [1.807, 2.05) is 13.0 Å². The second-order valence-electron chi connectivity index (χ2n) is 5.41. The minimum absolute atomic E-state index is 0.108. The zero-order chi connectivity index (χ0) is 17.4. The third-order valence-electron chi connectivity index (χ3n) is 4.05. The first-order chi connectivity index (χ1) is 11.5. The molecule has 5 heteroatoms. The van der Waals surface area contributed by atoms with Crippen molar-refractivity contribution in [3.05, 3.63) is 63.7 Å². The second kappa shape index (κ2) is 6.13. The van der Waals surface area contributed by atoms with Gasteiger partial charge >= 0.3 is 0 Å². The number of ether oxygens (including phenoxy) is 2. The van der Waals surface area contributed by atoms with Gasteiger partial charge in [0.05, 0.1) is 14.2 Å². The SMILES string of the molecule is COc1cc(C2=C(Cl)C(=O)C(=O)c3ccccc32)c(OC)cc1C. The number of carbonyl (C=O) groups excluding carboxylic acids is 2. The van der Waals surface area contributed by atoms with Crippen molar-refractivity contribution in [2.24, 2.45) is 0 Å². The fraction of sp³-hybridized carbons (Fsp3) is 0.158. The van der Waals surface area contributed by atoms with Crippen molar-refractivity contribution in [3.8, 4) is 11.5 Å². The van der Waals surface area contributed by atoms with Crippen LogP contribution in [0.4, 0.5) is 0 Å². The summed E-state index contributed by atoms with van der Waals surface area (Å²) in [6.45, 7) is 1.89. The second-order valence-corrected chi connectivity index (χ2v) is 5.79. The van der Waals surface area contributed by atoms with Crippen molar-refractivity contribution in [2.45, 2.75) is 6.92 Å². The molecule has 0 saturated carbocycles. The van der Waals surface area contributed by atoms with Crippen LogP contribution >= 0.6 is 11.6 Å². The highest BCUT2D eigenvalue weighted by molar-refractivity contribution is 6.64. The number of Topliss-reactive ketones (excluding diaryl/α,β-unsaturated/α-hetero) is 2. The van der Waals surface area contributed by atoms with Crippen LogP contribution in [0.1, 0.15) is 27.0 Å². The summed E-state index contributed by atoms with van der Waals surface area (Å²) in [5.41, 5.74) is 2.92. The van der Waals surface area contributed by atoms with Crippen LogP contribution in [0.15, 0.2) is 41.4 Å². The van der Waals surface area contributed by atoms with Gasteiger partial charge < -0.3 is 9.47 Å². The third kappa shape index (κ3) is 2.39. The lowest BCUT2D eigenvalue weighted by atomic mass is 9.85. The van der Waals surface area contributed by atoms with Gasteiger partial charge in [0.1, 0.15) is 16.5 Å². The van der Waals surface area contributed by atoms with E-state index in [0.29, 0.717) is 33.8 Å². The summed E-state index contributed by atoms with van der Waals surface area (Å²) in [6.07, 6.45) is 0. The number of fused-ring (bicyclic) bond motifs is 1. The lowest BCUT2D eigenvalue weighted by Gasteiger charge is -2.21. The van der Waals surface area contributed by atoms with E-state index in [1.54, 1.807) is 44.6 Å². The highest BCUT2D eigenvalue weighted by atomic mass is 35.5. The molecule has 2 aromatic rings. The normalized spacial score (nSPS) is 13.8. The van der Waals surface area contributed by atoms with Crippen LogP contribution < -0.4 is 9.47 Å². The van der Waals surface area contributed by atoms with Crippen molar-refractivity contribution >= 4 is 28.7 Å². The maximum Gasteiger partial charge on any atom is 0.245 e. The number of aryl methyl sites for hydroxylation is 1. The van der Waals surface area contributed by atoms with Crippen molar-refractivity contribution in [3.63, 3.8) is 0 Å². The first kappa shape index (κ1) is 16.3. The highest BCUT2D eigenvalue weighted by Crippen LogP contribution is 2.42. The maximum atomic E-state index is 12.3. The van der Waals surface area contributed by atoms with Crippen LogP contribution in [0, 0.1) is 6.92 Å². The molecule has 24 heavy (non-hydrogen) atoms. The van der Waals surface area contributed by atoms with Crippen molar-refractivity contribution in [1.29, 1.82) is 0 Å². The van der Waals surface area contributed by atoms with Crippen molar-refractivity contribution < 1.29 is 19.1 Å².